The molecule has 1 aromatic carbocycles. The zero-order valence-electron chi connectivity index (χ0n) is 13.8. The second-order valence-electron chi connectivity index (χ2n) is 5.52. The Labute approximate surface area is 146 Å². The van der Waals surface area contributed by atoms with Gasteiger partial charge in [0.2, 0.25) is 10.0 Å². The van der Waals surface area contributed by atoms with Gasteiger partial charge in [0.05, 0.1) is 10.5 Å². The molecule has 24 heavy (non-hydrogen) atoms. The molecule has 1 heterocycles. The first kappa shape index (κ1) is 18.4. The van der Waals surface area contributed by atoms with Crippen molar-refractivity contribution in [3.05, 3.63) is 52.3 Å². The highest BCUT2D eigenvalue weighted by Gasteiger charge is 2.20. The van der Waals surface area contributed by atoms with E-state index in [0.29, 0.717) is 11.3 Å². The van der Waals surface area contributed by atoms with E-state index >= 15 is 0 Å². The smallest absolute Gasteiger partial charge is 0.257 e. The van der Waals surface area contributed by atoms with Crippen LogP contribution in [0, 0.1) is 13.8 Å². The molecule has 1 N–H and O–H groups in total. The number of benzene rings is 1. The molecule has 0 saturated heterocycles. The number of aryl methyl sites for hydroxylation is 1. The monoisotopic (exact) mass is 367 g/mol. The van der Waals surface area contributed by atoms with Gasteiger partial charge >= 0.3 is 0 Å². The van der Waals surface area contributed by atoms with E-state index in [1.54, 1.807) is 19.1 Å². The number of aromatic nitrogens is 1. The molecule has 0 bridgehead atoms. The maximum absolute atomic E-state index is 12.3. The fourth-order valence-electron chi connectivity index (χ4n) is 2.02. The molecule has 0 aliphatic carbocycles. The molecule has 0 aliphatic heterocycles. The van der Waals surface area contributed by atoms with Crippen molar-refractivity contribution >= 4 is 33.2 Å². The molecule has 0 aliphatic rings. The quantitative estimate of drug-likeness (QED) is 0.843. The molecule has 128 valence electrons. The zero-order chi connectivity index (χ0) is 18.1. The summed E-state index contributed by atoms with van der Waals surface area (Å²) < 4.78 is 25.8. The van der Waals surface area contributed by atoms with Crippen LogP contribution in [0.15, 0.2) is 35.4 Å². The summed E-state index contributed by atoms with van der Waals surface area (Å²) in [6, 6.07) is 6.11. The lowest BCUT2D eigenvalue weighted by molar-refractivity contribution is 0.102. The van der Waals surface area contributed by atoms with Crippen LogP contribution in [0.25, 0.3) is 0 Å². The van der Waals surface area contributed by atoms with Crippen molar-refractivity contribution < 1.29 is 13.2 Å². The predicted molar refractivity (Wildman–Crippen MR) is 94.0 cm³/mol. The Morgan fingerprint density at radius 3 is 2.42 bits per heavy atom. The fourth-order valence-corrected chi connectivity index (χ4v) is 3.15. The lowest BCUT2D eigenvalue weighted by Crippen LogP contribution is -2.23. The Balaban J connectivity index is 2.41. The van der Waals surface area contributed by atoms with E-state index in [9.17, 15) is 13.2 Å². The van der Waals surface area contributed by atoms with Crippen LogP contribution >= 0.6 is 11.6 Å². The summed E-state index contributed by atoms with van der Waals surface area (Å²) in [7, 11) is -0.672. The molecule has 0 atom stereocenters. The third kappa shape index (κ3) is 3.75. The van der Waals surface area contributed by atoms with Crippen molar-refractivity contribution in [2.45, 2.75) is 18.7 Å². The van der Waals surface area contributed by atoms with Crippen molar-refractivity contribution in [3.8, 4) is 0 Å². The molecule has 2 rings (SSSR count). The molecule has 2 aromatic rings. The summed E-state index contributed by atoms with van der Waals surface area (Å²) in [5, 5.41) is 3.02. The van der Waals surface area contributed by atoms with Gasteiger partial charge in [0.1, 0.15) is 5.15 Å². The summed E-state index contributed by atoms with van der Waals surface area (Å²) in [5.74, 6) is -0.388. The lowest BCUT2D eigenvalue weighted by atomic mass is 10.1. The van der Waals surface area contributed by atoms with Crippen LogP contribution in [0.5, 0.6) is 0 Å². The molecule has 0 unspecified atom stereocenters. The molecule has 0 saturated carbocycles. The maximum Gasteiger partial charge on any atom is 0.257 e. The average molecular weight is 368 g/mol. The number of halogens is 1. The third-order valence-corrected chi connectivity index (χ3v) is 5.67. The first-order valence-corrected chi connectivity index (χ1v) is 8.91. The lowest BCUT2D eigenvalue weighted by Gasteiger charge is -2.16. The topological polar surface area (TPSA) is 79.4 Å². The minimum absolute atomic E-state index is 0.125. The zero-order valence-corrected chi connectivity index (χ0v) is 15.4. The number of nitrogens with zero attached hydrogens (tertiary/aromatic N) is 2. The second-order valence-corrected chi connectivity index (χ2v) is 8.06. The Bertz CT molecular complexity index is 878. The number of sulfonamides is 1. The summed E-state index contributed by atoms with van der Waals surface area (Å²) in [5.41, 5.74) is 2.33. The fraction of sp³-hybridized carbons (Fsp3) is 0.250. The van der Waals surface area contributed by atoms with Gasteiger partial charge in [0.25, 0.3) is 5.91 Å². The summed E-state index contributed by atoms with van der Waals surface area (Å²) in [4.78, 5) is 16.3. The van der Waals surface area contributed by atoms with Gasteiger partial charge in [-0.3, -0.25) is 4.79 Å². The minimum atomic E-state index is -3.59. The highest BCUT2D eigenvalue weighted by atomic mass is 35.5. The van der Waals surface area contributed by atoms with Crippen molar-refractivity contribution in [2.75, 3.05) is 19.4 Å². The van der Waals surface area contributed by atoms with Crippen molar-refractivity contribution in [1.82, 2.24) is 9.29 Å². The van der Waals surface area contributed by atoms with Gasteiger partial charge in [-0.25, -0.2) is 17.7 Å². The van der Waals surface area contributed by atoms with E-state index in [4.69, 9.17) is 11.6 Å². The summed E-state index contributed by atoms with van der Waals surface area (Å²) in [6.07, 6.45) is 1.36. The SMILES string of the molecule is Cc1cc(S(=O)(=O)N(C)C)cc(NC(=O)c2ccc(Cl)nc2)c1C. The van der Waals surface area contributed by atoms with Crippen LogP contribution in [0.2, 0.25) is 5.15 Å². The molecular weight excluding hydrogens is 350 g/mol. The number of amides is 1. The predicted octanol–water partition coefficient (Wildman–Crippen LogP) is 2.85. The van der Waals surface area contributed by atoms with Gasteiger partial charge < -0.3 is 5.32 Å². The van der Waals surface area contributed by atoms with E-state index in [1.165, 1.54) is 32.4 Å². The minimum Gasteiger partial charge on any atom is -0.322 e. The van der Waals surface area contributed by atoms with Crippen molar-refractivity contribution in [2.24, 2.45) is 0 Å². The highest BCUT2D eigenvalue weighted by Crippen LogP contribution is 2.26. The summed E-state index contributed by atoms with van der Waals surface area (Å²) in [6.45, 7) is 3.61. The van der Waals surface area contributed by atoms with Gasteiger partial charge in [-0.15, -0.1) is 0 Å². The first-order valence-electron chi connectivity index (χ1n) is 7.09. The van der Waals surface area contributed by atoms with Crippen molar-refractivity contribution in [3.63, 3.8) is 0 Å². The number of carbonyl (C=O) groups is 1. The second kappa shape index (κ2) is 6.88. The molecule has 1 amide bonds. The number of rotatable bonds is 4. The summed E-state index contributed by atoms with van der Waals surface area (Å²) >= 11 is 5.71. The van der Waals surface area contributed by atoms with Crippen LogP contribution < -0.4 is 5.32 Å². The molecule has 0 spiro atoms. The largest absolute Gasteiger partial charge is 0.322 e. The standard InChI is InChI=1S/C16H18ClN3O3S/c1-10-7-13(24(22,23)20(3)4)8-14(11(10)2)19-16(21)12-5-6-15(17)18-9-12/h5-9H,1-4H3,(H,19,21). The molecule has 0 radical (unpaired) electrons. The number of pyridine rings is 1. The van der Waals surface area contributed by atoms with Crippen molar-refractivity contribution in [1.29, 1.82) is 0 Å². The van der Waals surface area contributed by atoms with Crippen LogP contribution in [0.4, 0.5) is 5.69 Å². The Kier molecular flexibility index (Phi) is 5.27. The van der Waals surface area contributed by atoms with Gasteiger partial charge in [-0.2, -0.15) is 0 Å². The van der Waals surface area contributed by atoms with Crippen LogP contribution in [0.3, 0.4) is 0 Å². The Morgan fingerprint density at radius 1 is 1.21 bits per heavy atom. The molecule has 1 aromatic heterocycles. The Hall–Kier alpha value is -1.96. The number of hydrogen-bond acceptors (Lipinski definition) is 4. The highest BCUT2D eigenvalue weighted by molar-refractivity contribution is 7.89. The number of anilines is 1. The van der Waals surface area contributed by atoms with Gasteiger partial charge in [0, 0.05) is 26.0 Å². The molecular formula is C16H18ClN3O3S. The average Bonchev–Trinajstić information content (AvgIpc) is 2.51. The maximum atomic E-state index is 12.3. The first-order chi connectivity index (χ1) is 11.1. The van der Waals surface area contributed by atoms with E-state index in [1.807, 2.05) is 6.92 Å². The normalized spacial score (nSPS) is 11.6. The Morgan fingerprint density at radius 2 is 1.88 bits per heavy atom. The van der Waals surface area contributed by atoms with Gasteiger partial charge in [0.15, 0.2) is 0 Å². The van der Waals surface area contributed by atoms with Crippen LogP contribution in [-0.2, 0) is 10.0 Å². The molecule has 6 nitrogen and oxygen atoms in total. The number of hydrogen-bond donors (Lipinski definition) is 1. The van der Waals surface area contributed by atoms with Gasteiger partial charge in [-0.05, 0) is 49.2 Å². The molecule has 8 heteroatoms. The van der Waals surface area contributed by atoms with Crippen LogP contribution in [-0.4, -0.2) is 37.7 Å². The number of nitrogens with one attached hydrogen (secondary N) is 1. The van der Waals surface area contributed by atoms with E-state index in [2.05, 4.69) is 10.3 Å². The molecule has 0 fully saturated rings. The van der Waals surface area contributed by atoms with E-state index in [0.717, 1.165) is 15.4 Å². The van der Waals surface area contributed by atoms with Crippen LogP contribution in [0.1, 0.15) is 21.5 Å². The third-order valence-electron chi connectivity index (χ3n) is 3.66. The van der Waals surface area contributed by atoms with E-state index < -0.39 is 10.0 Å². The van der Waals surface area contributed by atoms with Gasteiger partial charge in [-0.1, -0.05) is 11.6 Å². The van der Waals surface area contributed by atoms with E-state index in [-0.39, 0.29) is 16.0 Å². The number of carbonyl (C=O) groups excluding carboxylic acids is 1.